The van der Waals surface area contributed by atoms with Crippen molar-refractivity contribution in [1.29, 1.82) is 0 Å². The molecule has 8 heteroatoms. The summed E-state index contributed by atoms with van der Waals surface area (Å²) in [6, 6.07) is 3.18. The highest BCUT2D eigenvalue weighted by atomic mass is 32.2. The van der Waals surface area contributed by atoms with E-state index in [-0.39, 0.29) is 30.0 Å². The molecule has 112 valence electrons. The normalized spacial score (nSPS) is 11.6. The van der Waals surface area contributed by atoms with Gasteiger partial charge in [0.25, 0.3) is 0 Å². The van der Waals surface area contributed by atoms with Gasteiger partial charge in [-0.2, -0.15) is 0 Å². The molecule has 20 heavy (non-hydrogen) atoms. The lowest BCUT2D eigenvalue weighted by Gasteiger charge is -2.17. The second kappa shape index (κ2) is 6.67. The van der Waals surface area contributed by atoms with Gasteiger partial charge >= 0.3 is 5.97 Å². The maximum Gasteiger partial charge on any atom is 0.303 e. The van der Waals surface area contributed by atoms with Crippen LogP contribution in [0.5, 0.6) is 5.75 Å². The first-order chi connectivity index (χ1) is 9.27. The lowest BCUT2D eigenvalue weighted by atomic mass is 10.3. The summed E-state index contributed by atoms with van der Waals surface area (Å²) in [6.07, 6.45) is 0.0455. The Morgan fingerprint density at radius 3 is 2.60 bits per heavy atom. The molecule has 0 saturated heterocycles. The number of halogens is 1. The van der Waals surface area contributed by atoms with Crippen LogP contribution in [0, 0.1) is 5.82 Å². The summed E-state index contributed by atoms with van der Waals surface area (Å²) in [4.78, 5) is 10.2. The molecule has 1 aromatic carbocycles. The van der Waals surface area contributed by atoms with Crippen LogP contribution >= 0.6 is 0 Å². The second-order valence-electron chi connectivity index (χ2n) is 4.15. The largest absolute Gasteiger partial charge is 0.497 e. The highest BCUT2D eigenvalue weighted by Crippen LogP contribution is 2.22. The minimum absolute atomic E-state index is 0.0352. The summed E-state index contributed by atoms with van der Waals surface area (Å²) in [5.41, 5.74) is 0. The van der Waals surface area contributed by atoms with Crippen LogP contribution in [0.4, 0.5) is 4.39 Å². The van der Waals surface area contributed by atoms with Crippen molar-refractivity contribution in [2.45, 2.75) is 17.7 Å². The predicted octanol–water partition coefficient (Wildman–Crippen LogP) is 1.32. The maximum absolute atomic E-state index is 13.3. The molecule has 1 rings (SSSR count). The number of nitrogens with zero attached hydrogens (tertiary/aromatic N) is 1. The van der Waals surface area contributed by atoms with Gasteiger partial charge in [-0.15, -0.1) is 0 Å². The van der Waals surface area contributed by atoms with Gasteiger partial charge in [-0.1, -0.05) is 0 Å². The number of hydrogen-bond donors (Lipinski definition) is 1. The molecular weight excluding hydrogens is 289 g/mol. The van der Waals surface area contributed by atoms with Crippen molar-refractivity contribution >= 4 is 16.0 Å². The minimum Gasteiger partial charge on any atom is -0.497 e. The first-order valence-electron chi connectivity index (χ1n) is 5.80. The number of aliphatic carboxylic acids is 1. The van der Waals surface area contributed by atoms with Crippen LogP contribution in [0.25, 0.3) is 0 Å². The first kappa shape index (κ1) is 16.4. The highest BCUT2D eigenvalue weighted by molar-refractivity contribution is 7.89. The summed E-state index contributed by atoms with van der Waals surface area (Å²) >= 11 is 0. The van der Waals surface area contributed by atoms with Crippen molar-refractivity contribution < 1.29 is 27.4 Å². The first-order valence-corrected chi connectivity index (χ1v) is 7.24. The van der Waals surface area contributed by atoms with E-state index >= 15 is 0 Å². The quantitative estimate of drug-likeness (QED) is 0.821. The number of carboxylic acids is 1. The zero-order valence-corrected chi connectivity index (χ0v) is 12.0. The van der Waals surface area contributed by atoms with Crippen LogP contribution in [0.3, 0.4) is 0 Å². The SMILES string of the molecule is COc1cc(F)cc(S(=O)(=O)N(C)CCCC(=O)O)c1. The van der Waals surface area contributed by atoms with E-state index < -0.39 is 21.8 Å². The van der Waals surface area contributed by atoms with Gasteiger partial charge in [0.2, 0.25) is 10.0 Å². The van der Waals surface area contributed by atoms with E-state index in [1.54, 1.807) is 0 Å². The monoisotopic (exact) mass is 305 g/mol. The third-order valence-electron chi connectivity index (χ3n) is 2.65. The van der Waals surface area contributed by atoms with Gasteiger partial charge in [-0.3, -0.25) is 4.79 Å². The fourth-order valence-electron chi connectivity index (χ4n) is 1.56. The zero-order valence-electron chi connectivity index (χ0n) is 11.2. The van der Waals surface area contributed by atoms with E-state index in [4.69, 9.17) is 9.84 Å². The molecule has 0 fully saturated rings. The number of sulfonamides is 1. The number of hydrogen-bond acceptors (Lipinski definition) is 4. The van der Waals surface area contributed by atoms with E-state index in [0.717, 1.165) is 16.4 Å². The Hall–Kier alpha value is -1.67. The Balaban J connectivity index is 2.92. The summed E-state index contributed by atoms with van der Waals surface area (Å²) in [5.74, 6) is -1.62. The molecule has 1 aromatic rings. The molecule has 0 unspecified atom stereocenters. The van der Waals surface area contributed by atoms with Crippen molar-refractivity contribution in [1.82, 2.24) is 4.31 Å². The predicted molar refractivity (Wildman–Crippen MR) is 69.6 cm³/mol. The maximum atomic E-state index is 13.3. The topological polar surface area (TPSA) is 83.9 Å². The van der Waals surface area contributed by atoms with Crippen molar-refractivity contribution in [2.75, 3.05) is 20.7 Å². The molecule has 0 bridgehead atoms. The van der Waals surface area contributed by atoms with Crippen LogP contribution in [-0.4, -0.2) is 44.5 Å². The molecule has 0 aliphatic carbocycles. The standard InChI is InChI=1S/C12H16FNO5S/c1-14(5-3-4-12(15)16)20(17,18)11-7-9(13)6-10(8-11)19-2/h6-8H,3-5H2,1-2H3,(H,15,16). The molecule has 0 radical (unpaired) electrons. The highest BCUT2D eigenvalue weighted by Gasteiger charge is 2.22. The Kier molecular flexibility index (Phi) is 5.46. The van der Waals surface area contributed by atoms with E-state index in [1.807, 2.05) is 0 Å². The van der Waals surface area contributed by atoms with E-state index in [9.17, 15) is 17.6 Å². The molecule has 0 saturated carbocycles. The Bertz CT molecular complexity index is 588. The number of benzene rings is 1. The average Bonchev–Trinajstić information content (AvgIpc) is 2.37. The number of carbonyl (C=O) groups is 1. The zero-order chi connectivity index (χ0) is 15.3. The molecule has 0 aromatic heterocycles. The molecule has 0 heterocycles. The van der Waals surface area contributed by atoms with E-state index in [1.165, 1.54) is 20.2 Å². The van der Waals surface area contributed by atoms with Crippen molar-refractivity contribution in [2.24, 2.45) is 0 Å². The third kappa shape index (κ3) is 4.17. The Labute approximate surface area is 116 Å². The van der Waals surface area contributed by atoms with Gasteiger partial charge in [-0.05, 0) is 12.5 Å². The van der Waals surface area contributed by atoms with Crippen molar-refractivity contribution in [3.8, 4) is 5.75 Å². The number of carboxylic acid groups (broad SMARTS) is 1. The summed E-state index contributed by atoms with van der Waals surface area (Å²) < 4.78 is 43.5. The fourth-order valence-corrected chi connectivity index (χ4v) is 2.81. The average molecular weight is 305 g/mol. The Morgan fingerprint density at radius 1 is 1.40 bits per heavy atom. The van der Waals surface area contributed by atoms with Gasteiger partial charge in [0.15, 0.2) is 0 Å². The molecule has 0 aliphatic heterocycles. The molecular formula is C12H16FNO5S. The number of rotatable bonds is 7. The minimum atomic E-state index is -3.87. The van der Waals surface area contributed by atoms with Crippen LogP contribution in [0.15, 0.2) is 23.1 Å². The summed E-state index contributed by atoms with van der Waals surface area (Å²) in [5, 5.41) is 8.52. The Morgan fingerprint density at radius 2 is 2.05 bits per heavy atom. The van der Waals surface area contributed by atoms with Gasteiger partial charge in [0.1, 0.15) is 11.6 Å². The van der Waals surface area contributed by atoms with Gasteiger partial charge in [-0.25, -0.2) is 17.1 Å². The van der Waals surface area contributed by atoms with E-state index in [0.29, 0.717) is 0 Å². The van der Waals surface area contributed by atoms with Gasteiger partial charge < -0.3 is 9.84 Å². The molecule has 0 spiro atoms. The van der Waals surface area contributed by atoms with Gasteiger partial charge in [0, 0.05) is 32.1 Å². The third-order valence-corrected chi connectivity index (χ3v) is 4.49. The second-order valence-corrected chi connectivity index (χ2v) is 6.20. The molecule has 0 amide bonds. The van der Waals surface area contributed by atoms with E-state index in [2.05, 4.69) is 0 Å². The summed E-state index contributed by atoms with van der Waals surface area (Å²) in [7, 11) is -1.25. The smallest absolute Gasteiger partial charge is 0.303 e. The molecule has 0 aliphatic rings. The van der Waals surface area contributed by atoms with Crippen LogP contribution in [0.1, 0.15) is 12.8 Å². The van der Waals surface area contributed by atoms with Crippen LogP contribution in [0.2, 0.25) is 0 Å². The number of methoxy groups -OCH3 is 1. The van der Waals surface area contributed by atoms with Crippen LogP contribution < -0.4 is 4.74 Å². The van der Waals surface area contributed by atoms with Crippen molar-refractivity contribution in [3.63, 3.8) is 0 Å². The lowest BCUT2D eigenvalue weighted by Crippen LogP contribution is -2.28. The van der Waals surface area contributed by atoms with Crippen LogP contribution in [-0.2, 0) is 14.8 Å². The molecule has 1 N–H and O–H groups in total. The number of ether oxygens (including phenoxy) is 1. The summed E-state index contributed by atoms with van der Waals surface area (Å²) in [6.45, 7) is 0.0352. The van der Waals surface area contributed by atoms with Gasteiger partial charge in [0.05, 0.1) is 12.0 Å². The fraction of sp³-hybridized carbons (Fsp3) is 0.417. The van der Waals surface area contributed by atoms with Crippen molar-refractivity contribution in [3.05, 3.63) is 24.0 Å². The molecule has 0 atom stereocenters. The molecule has 6 nitrogen and oxygen atoms in total. The lowest BCUT2D eigenvalue weighted by molar-refractivity contribution is -0.137.